The summed E-state index contributed by atoms with van der Waals surface area (Å²) in [5.74, 6) is -0.435. The van der Waals surface area contributed by atoms with E-state index in [-0.39, 0.29) is 36.3 Å². The van der Waals surface area contributed by atoms with Crippen LogP contribution in [0, 0.1) is 12.7 Å². The van der Waals surface area contributed by atoms with E-state index < -0.39 is 10.0 Å². The summed E-state index contributed by atoms with van der Waals surface area (Å²) in [6.45, 7) is 3.06. The molecule has 1 fully saturated rings. The maximum Gasteiger partial charge on any atom is 0.243 e. The monoisotopic (exact) mass is 391 g/mol. The lowest BCUT2D eigenvalue weighted by Crippen LogP contribution is -2.51. The number of halogens is 1. The van der Waals surface area contributed by atoms with Gasteiger partial charge in [0.15, 0.2) is 0 Å². The first-order valence-corrected chi connectivity index (χ1v) is 10.1. The number of benzene rings is 2. The molecule has 1 aliphatic heterocycles. The van der Waals surface area contributed by atoms with Crippen LogP contribution >= 0.6 is 0 Å². The van der Waals surface area contributed by atoms with E-state index in [1.807, 2.05) is 0 Å². The zero-order valence-corrected chi connectivity index (χ0v) is 15.9. The maximum atomic E-state index is 13.1. The molecule has 0 spiro atoms. The van der Waals surface area contributed by atoms with E-state index in [0.717, 1.165) is 5.56 Å². The topological polar surface area (TPSA) is 69.7 Å². The lowest BCUT2D eigenvalue weighted by molar-refractivity contribution is -0.130. The summed E-state index contributed by atoms with van der Waals surface area (Å²) < 4.78 is 39.8. The van der Waals surface area contributed by atoms with Crippen LogP contribution in [-0.4, -0.2) is 56.3 Å². The largest absolute Gasteiger partial charge is 0.376 e. The molecule has 144 valence electrons. The Balaban J connectivity index is 1.55. The molecule has 2 aromatic rings. The molecule has 8 heteroatoms. The van der Waals surface area contributed by atoms with Crippen LogP contribution in [0.1, 0.15) is 5.56 Å². The minimum Gasteiger partial charge on any atom is -0.376 e. The molecule has 0 saturated carbocycles. The first kappa shape index (κ1) is 19.3. The summed E-state index contributed by atoms with van der Waals surface area (Å²) in [6, 6.07) is 12.6. The summed E-state index contributed by atoms with van der Waals surface area (Å²) in [6.07, 6.45) is 0. The van der Waals surface area contributed by atoms with E-state index in [1.165, 1.54) is 16.4 Å². The first-order valence-electron chi connectivity index (χ1n) is 8.71. The van der Waals surface area contributed by atoms with Gasteiger partial charge in [-0.3, -0.25) is 4.79 Å². The van der Waals surface area contributed by atoms with Crippen molar-refractivity contribution in [1.82, 2.24) is 9.21 Å². The van der Waals surface area contributed by atoms with Crippen LogP contribution in [0.5, 0.6) is 0 Å². The van der Waals surface area contributed by atoms with Gasteiger partial charge in [0.1, 0.15) is 5.82 Å². The highest BCUT2D eigenvalue weighted by Gasteiger charge is 2.29. The number of amides is 1. The number of sulfonamides is 1. The summed E-state index contributed by atoms with van der Waals surface area (Å²) in [4.78, 5) is 14.3. The Morgan fingerprint density at radius 2 is 1.74 bits per heavy atom. The molecule has 1 heterocycles. The number of rotatable bonds is 5. The van der Waals surface area contributed by atoms with Crippen molar-refractivity contribution in [2.24, 2.45) is 0 Å². The van der Waals surface area contributed by atoms with Gasteiger partial charge in [-0.1, -0.05) is 18.2 Å². The lowest BCUT2D eigenvalue weighted by Gasteiger charge is -2.34. The predicted octanol–water partition coefficient (Wildman–Crippen LogP) is 2.08. The highest BCUT2D eigenvalue weighted by atomic mass is 32.2. The zero-order chi connectivity index (χ0) is 19.4. The van der Waals surface area contributed by atoms with Gasteiger partial charge in [0.05, 0.1) is 11.4 Å². The molecular formula is C19H22FN3O3S. The van der Waals surface area contributed by atoms with Gasteiger partial charge >= 0.3 is 0 Å². The number of carbonyl (C=O) groups is 1. The molecule has 0 radical (unpaired) electrons. The van der Waals surface area contributed by atoms with E-state index in [0.29, 0.717) is 18.8 Å². The third-order valence-electron chi connectivity index (χ3n) is 4.59. The molecule has 1 saturated heterocycles. The van der Waals surface area contributed by atoms with Crippen molar-refractivity contribution in [1.29, 1.82) is 0 Å². The van der Waals surface area contributed by atoms with Crippen molar-refractivity contribution in [2.45, 2.75) is 11.8 Å². The molecule has 1 aliphatic rings. The van der Waals surface area contributed by atoms with Gasteiger partial charge < -0.3 is 10.2 Å². The molecule has 0 aliphatic carbocycles. The van der Waals surface area contributed by atoms with Gasteiger partial charge in [-0.15, -0.1) is 0 Å². The lowest BCUT2D eigenvalue weighted by atomic mass is 10.2. The van der Waals surface area contributed by atoms with Gasteiger partial charge in [-0.2, -0.15) is 4.31 Å². The van der Waals surface area contributed by atoms with E-state index in [1.54, 1.807) is 48.2 Å². The second kappa shape index (κ2) is 8.06. The molecule has 1 amide bonds. The van der Waals surface area contributed by atoms with Gasteiger partial charge in [0.2, 0.25) is 15.9 Å². The summed E-state index contributed by atoms with van der Waals surface area (Å²) in [5, 5.41) is 3.01. The Labute approximate surface area is 158 Å². The number of piperazine rings is 1. The van der Waals surface area contributed by atoms with Crippen LogP contribution in [0.2, 0.25) is 0 Å². The minimum atomic E-state index is -3.53. The Bertz CT molecular complexity index is 911. The van der Waals surface area contributed by atoms with Gasteiger partial charge in [-0.05, 0) is 42.8 Å². The van der Waals surface area contributed by atoms with E-state index in [9.17, 15) is 17.6 Å². The first-order chi connectivity index (χ1) is 12.9. The second-order valence-corrected chi connectivity index (χ2v) is 8.35. The van der Waals surface area contributed by atoms with Crippen LogP contribution < -0.4 is 5.32 Å². The Morgan fingerprint density at radius 1 is 1.07 bits per heavy atom. The molecule has 6 nitrogen and oxygen atoms in total. The standard InChI is InChI=1S/C19H22FN3O3S/c1-15-13-16(20)7-8-18(15)21-14-19(24)22-9-11-23(12-10-22)27(25,26)17-5-3-2-4-6-17/h2-8,13,21H,9-12,14H2,1H3. The van der Waals surface area contributed by atoms with Crippen molar-refractivity contribution in [3.8, 4) is 0 Å². The number of hydrogen-bond acceptors (Lipinski definition) is 4. The normalized spacial score (nSPS) is 15.6. The van der Waals surface area contributed by atoms with Crippen LogP contribution in [0.25, 0.3) is 0 Å². The summed E-state index contributed by atoms with van der Waals surface area (Å²) in [7, 11) is -3.53. The number of anilines is 1. The van der Waals surface area contributed by atoms with Crippen molar-refractivity contribution < 1.29 is 17.6 Å². The Morgan fingerprint density at radius 3 is 2.37 bits per heavy atom. The highest BCUT2D eigenvalue weighted by Crippen LogP contribution is 2.18. The quantitative estimate of drug-likeness (QED) is 0.847. The van der Waals surface area contributed by atoms with Crippen molar-refractivity contribution in [2.75, 3.05) is 38.0 Å². The van der Waals surface area contributed by atoms with Crippen LogP contribution in [0.15, 0.2) is 53.4 Å². The SMILES string of the molecule is Cc1cc(F)ccc1NCC(=O)N1CCN(S(=O)(=O)c2ccccc2)CC1. The summed E-state index contributed by atoms with van der Waals surface area (Å²) >= 11 is 0. The van der Waals surface area contributed by atoms with Crippen molar-refractivity contribution >= 4 is 21.6 Å². The van der Waals surface area contributed by atoms with Gasteiger partial charge in [0, 0.05) is 31.9 Å². The Kier molecular flexibility index (Phi) is 5.76. The van der Waals surface area contributed by atoms with Gasteiger partial charge in [0.25, 0.3) is 0 Å². The van der Waals surface area contributed by atoms with Crippen LogP contribution in [0.4, 0.5) is 10.1 Å². The predicted molar refractivity (Wildman–Crippen MR) is 101 cm³/mol. The maximum absolute atomic E-state index is 13.1. The minimum absolute atomic E-state index is 0.0813. The molecule has 0 aromatic heterocycles. The number of hydrogen-bond donors (Lipinski definition) is 1. The van der Waals surface area contributed by atoms with E-state index in [2.05, 4.69) is 5.32 Å². The molecule has 0 unspecified atom stereocenters. The molecule has 1 N–H and O–H groups in total. The fourth-order valence-corrected chi connectivity index (χ4v) is 4.47. The van der Waals surface area contributed by atoms with Crippen molar-refractivity contribution in [3.05, 3.63) is 59.9 Å². The number of nitrogens with zero attached hydrogens (tertiary/aromatic N) is 2. The smallest absolute Gasteiger partial charge is 0.243 e. The third kappa shape index (κ3) is 4.45. The molecule has 2 aromatic carbocycles. The molecule has 0 atom stereocenters. The van der Waals surface area contributed by atoms with Gasteiger partial charge in [-0.25, -0.2) is 12.8 Å². The number of aryl methyl sites for hydroxylation is 1. The molecule has 27 heavy (non-hydrogen) atoms. The van der Waals surface area contributed by atoms with E-state index in [4.69, 9.17) is 0 Å². The fraction of sp³-hybridized carbons (Fsp3) is 0.316. The van der Waals surface area contributed by atoms with Crippen LogP contribution in [-0.2, 0) is 14.8 Å². The third-order valence-corrected chi connectivity index (χ3v) is 6.50. The molecule has 0 bridgehead atoms. The molecule has 3 rings (SSSR count). The van der Waals surface area contributed by atoms with Crippen molar-refractivity contribution in [3.63, 3.8) is 0 Å². The number of carbonyl (C=O) groups excluding carboxylic acids is 1. The van der Waals surface area contributed by atoms with Crippen LogP contribution in [0.3, 0.4) is 0 Å². The average molecular weight is 391 g/mol. The second-order valence-electron chi connectivity index (χ2n) is 6.41. The summed E-state index contributed by atoms with van der Waals surface area (Å²) in [5.41, 5.74) is 1.43. The highest BCUT2D eigenvalue weighted by molar-refractivity contribution is 7.89. The average Bonchev–Trinajstić information content (AvgIpc) is 2.68. The fourth-order valence-electron chi connectivity index (χ4n) is 3.03. The van der Waals surface area contributed by atoms with E-state index >= 15 is 0 Å². The Hall–Kier alpha value is -2.45. The molecular weight excluding hydrogens is 369 g/mol. The number of nitrogens with one attached hydrogen (secondary N) is 1. The zero-order valence-electron chi connectivity index (χ0n) is 15.1.